The van der Waals surface area contributed by atoms with Gasteiger partial charge in [0.25, 0.3) is 5.91 Å². The van der Waals surface area contributed by atoms with E-state index in [1.807, 2.05) is 28.7 Å². The van der Waals surface area contributed by atoms with Crippen molar-refractivity contribution < 1.29 is 18.0 Å². The lowest BCUT2D eigenvalue weighted by molar-refractivity contribution is -0.138. The highest BCUT2D eigenvalue weighted by Crippen LogP contribution is 2.35. The number of aromatic nitrogens is 2. The number of carbonyl (C=O) groups is 1. The molecule has 2 aliphatic heterocycles. The van der Waals surface area contributed by atoms with Crippen molar-refractivity contribution in [2.24, 2.45) is 0 Å². The van der Waals surface area contributed by atoms with Gasteiger partial charge in [-0.25, -0.2) is 4.98 Å². The minimum atomic E-state index is -4.33. The second kappa shape index (κ2) is 10.1. The third-order valence-corrected chi connectivity index (χ3v) is 7.75. The van der Waals surface area contributed by atoms with Crippen LogP contribution in [0.5, 0.6) is 0 Å². The van der Waals surface area contributed by atoms with E-state index in [1.165, 1.54) is 17.8 Å². The number of hydrogen-bond acceptors (Lipinski definition) is 4. The fraction of sp³-hybridized carbons (Fsp3) is 0.385. The summed E-state index contributed by atoms with van der Waals surface area (Å²) < 4.78 is 41.9. The Morgan fingerprint density at radius 1 is 1.14 bits per heavy atom. The maximum absolute atomic E-state index is 13.3. The molecule has 1 aromatic carbocycles. The molecule has 4 heterocycles. The number of rotatable bonds is 7. The molecule has 2 aliphatic rings. The van der Waals surface area contributed by atoms with Gasteiger partial charge in [-0.05, 0) is 68.6 Å². The molecule has 9 heteroatoms. The molecule has 0 radical (unpaired) electrons. The molecule has 1 fully saturated rings. The molecule has 1 saturated heterocycles. The summed E-state index contributed by atoms with van der Waals surface area (Å²) in [5.74, 6) is -0.107. The lowest BCUT2D eigenvalue weighted by Crippen LogP contribution is -2.47. The SMILES string of the molecule is O=C(NCC1CCCCN1CCCc1ccccc1C(F)(F)F)C1=Cc2cnc3cccc(n23)S1. The molecule has 5 rings (SSSR count). The fourth-order valence-corrected chi connectivity index (χ4v) is 5.98. The third kappa shape index (κ3) is 5.26. The van der Waals surface area contributed by atoms with Gasteiger partial charge in [-0.2, -0.15) is 13.2 Å². The molecule has 1 unspecified atom stereocenters. The number of likely N-dealkylation sites (tertiary alicyclic amines) is 1. The Hall–Kier alpha value is -2.78. The van der Waals surface area contributed by atoms with Crippen LogP contribution in [0.15, 0.2) is 58.6 Å². The van der Waals surface area contributed by atoms with Crippen molar-refractivity contribution in [2.75, 3.05) is 19.6 Å². The minimum absolute atomic E-state index is 0.107. The maximum Gasteiger partial charge on any atom is 0.416 e. The predicted octanol–water partition coefficient (Wildman–Crippen LogP) is 5.40. The van der Waals surface area contributed by atoms with Crippen molar-refractivity contribution in [2.45, 2.75) is 49.3 Å². The predicted molar refractivity (Wildman–Crippen MR) is 131 cm³/mol. The first-order chi connectivity index (χ1) is 16.9. The van der Waals surface area contributed by atoms with E-state index in [-0.39, 0.29) is 11.9 Å². The lowest BCUT2D eigenvalue weighted by Gasteiger charge is -2.36. The Kier molecular flexibility index (Phi) is 6.88. The van der Waals surface area contributed by atoms with Gasteiger partial charge in [0.15, 0.2) is 0 Å². The zero-order valence-corrected chi connectivity index (χ0v) is 20.0. The van der Waals surface area contributed by atoms with Gasteiger partial charge in [-0.1, -0.05) is 42.4 Å². The van der Waals surface area contributed by atoms with Crippen LogP contribution in [0.25, 0.3) is 11.7 Å². The summed E-state index contributed by atoms with van der Waals surface area (Å²) in [6.07, 6.45) is 3.46. The highest BCUT2D eigenvalue weighted by molar-refractivity contribution is 8.04. The average molecular weight is 501 g/mol. The van der Waals surface area contributed by atoms with Gasteiger partial charge in [0, 0.05) is 12.6 Å². The van der Waals surface area contributed by atoms with Crippen LogP contribution in [-0.2, 0) is 17.4 Å². The summed E-state index contributed by atoms with van der Waals surface area (Å²) in [7, 11) is 0. The van der Waals surface area contributed by atoms with E-state index in [0.29, 0.717) is 36.4 Å². The van der Waals surface area contributed by atoms with Gasteiger partial charge in [0.1, 0.15) is 5.65 Å². The molecule has 35 heavy (non-hydrogen) atoms. The van der Waals surface area contributed by atoms with Crippen LogP contribution >= 0.6 is 11.8 Å². The number of carbonyl (C=O) groups excluding carboxylic acids is 1. The number of benzene rings is 1. The summed E-state index contributed by atoms with van der Waals surface area (Å²) >= 11 is 1.43. The Morgan fingerprint density at radius 2 is 2.00 bits per heavy atom. The molecular formula is C26H27F3N4OS. The number of imidazole rings is 1. The Bertz CT molecular complexity index is 1250. The molecule has 2 aromatic heterocycles. The number of alkyl halides is 3. The van der Waals surface area contributed by atoms with E-state index in [9.17, 15) is 18.0 Å². The largest absolute Gasteiger partial charge is 0.416 e. The van der Waals surface area contributed by atoms with Crippen LogP contribution in [0.4, 0.5) is 13.2 Å². The van der Waals surface area contributed by atoms with Gasteiger partial charge >= 0.3 is 6.18 Å². The molecule has 184 valence electrons. The molecule has 1 atom stereocenters. The van der Waals surface area contributed by atoms with Crippen molar-refractivity contribution >= 4 is 29.4 Å². The zero-order chi connectivity index (χ0) is 24.4. The van der Waals surface area contributed by atoms with Crippen molar-refractivity contribution in [1.29, 1.82) is 0 Å². The zero-order valence-electron chi connectivity index (χ0n) is 19.2. The van der Waals surface area contributed by atoms with Gasteiger partial charge in [-0.15, -0.1) is 0 Å². The molecule has 1 N–H and O–H groups in total. The molecule has 1 amide bonds. The molecule has 5 nitrogen and oxygen atoms in total. The van der Waals surface area contributed by atoms with E-state index in [2.05, 4.69) is 15.2 Å². The van der Waals surface area contributed by atoms with Gasteiger partial charge in [0.2, 0.25) is 0 Å². The first-order valence-electron chi connectivity index (χ1n) is 11.9. The minimum Gasteiger partial charge on any atom is -0.350 e. The molecule has 0 aliphatic carbocycles. The first-order valence-corrected chi connectivity index (χ1v) is 12.8. The van der Waals surface area contributed by atoms with E-state index >= 15 is 0 Å². The number of nitrogens with one attached hydrogen (secondary N) is 1. The van der Waals surface area contributed by atoms with Crippen molar-refractivity contribution in [3.8, 4) is 0 Å². The van der Waals surface area contributed by atoms with Crippen LogP contribution in [0, 0.1) is 0 Å². The van der Waals surface area contributed by atoms with Crippen LogP contribution in [-0.4, -0.2) is 45.9 Å². The fourth-order valence-electron chi connectivity index (χ4n) is 4.97. The first kappa shape index (κ1) is 23.9. The average Bonchev–Trinajstić information content (AvgIpc) is 3.27. The molecule has 0 spiro atoms. The van der Waals surface area contributed by atoms with Crippen LogP contribution in [0.2, 0.25) is 0 Å². The number of amides is 1. The van der Waals surface area contributed by atoms with E-state index in [0.717, 1.165) is 48.2 Å². The Labute approximate surface area is 206 Å². The van der Waals surface area contributed by atoms with Gasteiger partial charge in [-0.3, -0.25) is 14.1 Å². The third-order valence-electron chi connectivity index (χ3n) is 6.70. The summed E-state index contributed by atoms with van der Waals surface area (Å²) in [5.41, 5.74) is 1.55. The maximum atomic E-state index is 13.3. The molecule has 0 bridgehead atoms. The monoisotopic (exact) mass is 500 g/mol. The van der Waals surface area contributed by atoms with Gasteiger partial charge in [0.05, 0.1) is 27.4 Å². The van der Waals surface area contributed by atoms with E-state index < -0.39 is 11.7 Å². The number of nitrogens with zero attached hydrogens (tertiary/aromatic N) is 3. The standard InChI is InChI=1S/C26H27F3N4OS/c27-26(28,29)21-10-2-1-7-18(21)8-6-14-32-13-4-3-9-19(32)16-31-25(34)22-15-20-17-30-23-11-5-12-24(35-22)33(20)23/h1-2,5,7,10-12,15,17,19H,3-4,6,8-9,13-14,16H2,(H,31,34). The Balaban J connectivity index is 1.17. The lowest BCUT2D eigenvalue weighted by atomic mass is 9.99. The van der Waals surface area contributed by atoms with E-state index in [4.69, 9.17) is 0 Å². The van der Waals surface area contributed by atoms with Crippen molar-refractivity contribution in [3.63, 3.8) is 0 Å². The quantitative estimate of drug-likeness (QED) is 0.472. The molecule has 3 aromatic rings. The number of hydrogen-bond donors (Lipinski definition) is 1. The second-order valence-electron chi connectivity index (χ2n) is 9.01. The Morgan fingerprint density at radius 3 is 2.86 bits per heavy atom. The summed E-state index contributed by atoms with van der Waals surface area (Å²) in [6, 6.07) is 11.9. The topological polar surface area (TPSA) is 49.6 Å². The normalized spacial score (nSPS) is 18.5. The smallest absolute Gasteiger partial charge is 0.350 e. The number of thioether (sulfide) groups is 1. The highest BCUT2D eigenvalue weighted by atomic mass is 32.2. The summed E-state index contributed by atoms with van der Waals surface area (Å²) in [6.45, 7) is 2.14. The van der Waals surface area contributed by atoms with Crippen LogP contribution in [0.1, 0.15) is 42.5 Å². The summed E-state index contributed by atoms with van der Waals surface area (Å²) in [4.78, 5) is 20.3. The number of halogens is 3. The van der Waals surface area contributed by atoms with Crippen molar-refractivity contribution in [3.05, 3.63) is 70.4 Å². The van der Waals surface area contributed by atoms with E-state index in [1.54, 1.807) is 18.3 Å². The van der Waals surface area contributed by atoms with Gasteiger partial charge < -0.3 is 5.32 Å². The molecular weight excluding hydrogens is 473 g/mol. The number of aryl methyl sites for hydroxylation is 1. The molecule has 0 saturated carbocycles. The van der Waals surface area contributed by atoms with Crippen LogP contribution in [0.3, 0.4) is 0 Å². The highest BCUT2D eigenvalue weighted by Gasteiger charge is 2.33. The second-order valence-corrected chi connectivity index (χ2v) is 10.1. The summed E-state index contributed by atoms with van der Waals surface area (Å²) in [5, 5.41) is 4.06. The number of piperidine rings is 1. The van der Waals surface area contributed by atoms with Crippen molar-refractivity contribution in [1.82, 2.24) is 19.6 Å². The van der Waals surface area contributed by atoms with Crippen LogP contribution < -0.4 is 5.32 Å². The number of pyridine rings is 1.